The normalized spacial score (nSPS) is 15.2. The lowest BCUT2D eigenvalue weighted by atomic mass is 10.0. The lowest BCUT2D eigenvalue weighted by Crippen LogP contribution is -2.40. The Kier molecular flexibility index (Phi) is 5.85. The molecule has 1 amide bonds. The van der Waals surface area contributed by atoms with Crippen molar-refractivity contribution in [2.75, 3.05) is 31.6 Å². The summed E-state index contributed by atoms with van der Waals surface area (Å²) in [6.45, 7) is 3.29. The molecule has 0 radical (unpaired) electrons. The quantitative estimate of drug-likeness (QED) is 0.682. The van der Waals surface area contributed by atoms with Crippen LogP contribution in [0.5, 0.6) is 0 Å². The van der Waals surface area contributed by atoms with Gasteiger partial charge in [0.1, 0.15) is 0 Å². The van der Waals surface area contributed by atoms with Gasteiger partial charge in [0.05, 0.1) is 24.5 Å². The van der Waals surface area contributed by atoms with Gasteiger partial charge in [0.2, 0.25) is 15.9 Å². The molecule has 1 saturated heterocycles. The Balaban J connectivity index is 1.52. The number of sulfonamides is 1. The Labute approximate surface area is 176 Å². The van der Waals surface area contributed by atoms with E-state index in [-0.39, 0.29) is 17.2 Å². The van der Waals surface area contributed by atoms with Crippen LogP contribution < -0.4 is 5.32 Å². The van der Waals surface area contributed by atoms with Gasteiger partial charge in [-0.05, 0) is 41.0 Å². The standard InChI is InChI=1S/C23H24N2O4S/c1-17-6-9-21(30(27,28)25-10-12-29-13-11-25)16-22(17)24-23(26)15-18-7-8-19-4-2-3-5-20(19)14-18/h2-9,14,16H,10-13,15H2,1H3,(H,24,26). The highest BCUT2D eigenvalue weighted by atomic mass is 32.2. The fourth-order valence-electron chi connectivity index (χ4n) is 3.56. The van der Waals surface area contributed by atoms with Crippen molar-refractivity contribution >= 4 is 32.4 Å². The van der Waals surface area contributed by atoms with Gasteiger partial charge in [-0.2, -0.15) is 4.31 Å². The summed E-state index contributed by atoms with van der Waals surface area (Å²) < 4.78 is 32.5. The number of nitrogens with one attached hydrogen (secondary N) is 1. The molecule has 3 aromatic rings. The van der Waals surface area contributed by atoms with Gasteiger partial charge in [0, 0.05) is 18.8 Å². The van der Waals surface area contributed by atoms with E-state index in [1.54, 1.807) is 18.2 Å². The number of fused-ring (bicyclic) bond motifs is 1. The molecule has 1 N–H and O–H groups in total. The number of rotatable bonds is 5. The van der Waals surface area contributed by atoms with Crippen LogP contribution in [0.4, 0.5) is 5.69 Å². The average Bonchev–Trinajstić information content (AvgIpc) is 2.75. The second kappa shape index (κ2) is 8.55. The molecule has 30 heavy (non-hydrogen) atoms. The first kappa shape index (κ1) is 20.5. The smallest absolute Gasteiger partial charge is 0.243 e. The van der Waals surface area contributed by atoms with Crippen molar-refractivity contribution in [3.05, 3.63) is 71.8 Å². The van der Waals surface area contributed by atoms with Crippen LogP contribution in [0.3, 0.4) is 0 Å². The lowest BCUT2D eigenvalue weighted by Gasteiger charge is -2.26. The summed E-state index contributed by atoms with van der Waals surface area (Å²) in [6.07, 6.45) is 0.213. The zero-order valence-electron chi connectivity index (χ0n) is 16.8. The number of hydrogen-bond acceptors (Lipinski definition) is 4. The van der Waals surface area contributed by atoms with E-state index < -0.39 is 10.0 Å². The monoisotopic (exact) mass is 424 g/mol. The number of morpholine rings is 1. The first-order valence-electron chi connectivity index (χ1n) is 9.89. The van der Waals surface area contributed by atoms with Crippen LogP contribution in [0.2, 0.25) is 0 Å². The molecular formula is C23H24N2O4S. The van der Waals surface area contributed by atoms with E-state index in [0.29, 0.717) is 32.0 Å². The van der Waals surface area contributed by atoms with Gasteiger partial charge in [-0.15, -0.1) is 0 Å². The molecule has 4 rings (SSSR count). The largest absolute Gasteiger partial charge is 0.379 e. The highest BCUT2D eigenvalue weighted by Gasteiger charge is 2.26. The second-order valence-corrected chi connectivity index (χ2v) is 9.34. The van der Waals surface area contributed by atoms with E-state index in [0.717, 1.165) is 21.9 Å². The first-order valence-corrected chi connectivity index (χ1v) is 11.3. The van der Waals surface area contributed by atoms with Gasteiger partial charge >= 0.3 is 0 Å². The first-order chi connectivity index (χ1) is 14.4. The predicted octanol–water partition coefficient (Wildman–Crippen LogP) is 3.35. The van der Waals surface area contributed by atoms with Crippen molar-refractivity contribution in [3.63, 3.8) is 0 Å². The molecule has 0 aliphatic carbocycles. The SMILES string of the molecule is Cc1ccc(S(=O)(=O)N2CCOCC2)cc1NC(=O)Cc1ccc2ccccc2c1. The Bertz CT molecular complexity index is 1180. The molecule has 0 aromatic heterocycles. The minimum Gasteiger partial charge on any atom is -0.379 e. The van der Waals surface area contributed by atoms with Gasteiger partial charge in [-0.25, -0.2) is 8.42 Å². The van der Waals surface area contributed by atoms with Crippen molar-refractivity contribution in [1.29, 1.82) is 0 Å². The zero-order chi connectivity index (χ0) is 21.1. The molecule has 1 aliphatic heterocycles. The Morgan fingerprint density at radius 2 is 1.73 bits per heavy atom. The van der Waals surface area contributed by atoms with E-state index in [1.165, 1.54) is 4.31 Å². The second-order valence-electron chi connectivity index (χ2n) is 7.40. The van der Waals surface area contributed by atoms with Gasteiger partial charge < -0.3 is 10.1 Å². The third-order valence-electron chi connectivity index (χ3n) is 5.27. The number of carbonyl (C=O) groups excluding carboxylic acids is 1. The summed E-state index contributed by atoms with van der Waals surface area (Å²) in [4.78, 5) is 12.8. The third kappa shape index (κ3) is 4.38. The molecule has 156 valence electrons. The summed E-state index contributed by atoms with van der Waals surface area (Å²) >= 11 is 0. The summed E-state index contributed by atoms with van der Waals surface area (Å²) in [5, 5.41) is 5.08. The van der Waals surface area contributed by atoms with E-state index >= 15 is 0 Å². The number of carbonyl (C=O) groups is 1. The van der Waals surface area contributed by atoms with Gasteiger partial charge in [-0.1, -0.05) is 48.5 Å². The highest BCUT2D eigenvalue weighted by Crippen LogP contribution is 2.24. The molecule has 0 saturated carbocycles. The minimum atomic E-state index is -3.62. The van der Waals surface area contributed by atoms with Crippen LogP contribution in [0, 0.1) is 6.92 Å². The maximum absolute atomic E-state index is 12.9. The molecule has 1 fully saturated rings. The summed E-state index contributed by atoms with van der Waals surface area (Å²) in [5.41, 5.74) is 2.22. The molecule has 0 atom stereocenters. The van der Waals surface area contributed by atoms with Crippen LogP contribution in [0.1, 0.15) is 11.1 Å². The molecule has 0 spiro atoms. The molecular weight excluding hydrogens is 400 g/mol. The van der Waals surface area contributed by atoms with E-state index in [1.807, 2.05) is 49.4 Å². The number of amides is 1. The van der Waals surface area contributed by atoms with Crippen molar-refractivity contribution in [2.24, 2.45) is 0 Å². The number of hydrogen-bond donors (Lipinski definition) is 1. The molecule has 6 nitrogen and oxygen atoms in total. The predicted molar refractivity (Wildman–Crippen MR) is 117 cm³/mol. The number of ether oxygens (including phenoxy) is 1. The fraction of sp³-hybridized carbons (Fsp3) is 0.261. The lowest BCUT2D eigenvalue weighted by molar-refractivity contribution is -0.115. The molecule has 0 bridgehead atoms. The highest BCUT2D eigenvalue weighted by molar-refractivity contribution is 7.89. The van der Waals surface area contributed by atoms with Gasteiger partial charge in [-0.3, -0.25) is 4.79 Å². The van der Waals surface area contributed by atoms with Crippen LogP contribution in [0.25, 0.3) is 10.8 Å². The van der Waals surface area contributed by atoms with Gasteiger partial charge in [0.25, 0.3) is 0 Å². The number of aryl methyl sites for hydroxylation is 1. The fourth-order valence-corrected chi connectivity index (χ4v) is 5.00. The third-order valence-corrected chi connectivity index (χ3v) is 7.16. The molecule has 7 heteroatoms. The topological polar surface area (TPSA) is 75.7 Å². The van der Waals surface area contributed by atoms with Crippen molar-refractivity contribution in [2.45, 2.75) is 18.2 Å². The minimum absolute atomic E-state index is 0.177. The number of nitrogens with zero attached hydrogens (tertiary/aromatic N) is 1. The van der Waals surface area contributed by atoms with E-state index in [9.17, 15) is 13.2 Å². The summed E-state index contributed by atoms with van der Waals surface area (Å²) in [7, 11) is -3.62. The van der Waals surface area contributed by atoms with Crippen molar-refractivity contribution in [3.8, 4) is 0 Å². The average molecular weight is 425 g/mol. The Morgan fingerprint density at radius 1 is 1.00 bits per heavy atom. The Morgan fingerprint density at radius 3 is 2.50 bits per heavy atom. The van der Waals surface area contributed by atoms with Crippen LogP contribution in [-0.2, 0) is 26.0 Å². The molecule has 0 unspecified atom stereocenters. The summed E-state index contributed by atoms with van der Waals surface area (Å²) in [6, 6.07) is 18.8. The maximum atomic E-state index is 12.9. The molecule has 1 heterocycles. The van der Waals surface area contributed by atoms with Crippen molar-refractivity contribution < 1.29 is 17.9 Å². The van der Waals surface area contributed by atoms with Crippen LogP contribution >= 0.6 is 0 Å². The molecule has 1 aliphatic rings. The van der Waals surface area contributed by atoms with Crippen LogP contribution in [0.15, 0.2) is 65.6 Å². The maximum Gasteiger partial charge on any atom is 0.243 e. The zero-order valence-corrected chi connectivity index (χ0v) is 17.6. The number of benzene rings is 3. The molecule has 3 aromatic carbocycles. The Hall–Kier alpha value is -2.74. The van der Waals surface area contributed by atoms with E-state index in [2.05, 4.69) is 5.32 Å². The number of anilines is 1. The van der Waals surface area contributed by atoms with Crippen molar-refractivity contribution in [1.82, 2.24) is 4.31 Å². The van der Waals surface area contributed by atoms with E-state index in [4.69, 9.17) is 4.74 Å². The van der Waals surface area contributed by atoms with Gasteiger partial charge in [0.15, 0.2) is 0 Å². The van der Waals surface area contributed by atoms with Crippen LogP contribution in [-0.4, -0.2) is 44.9 Å². The summed E-state index contributed by atoms with van der Waals surface area (Å²) in [5.74, 6) is -0.186.